The minimum atomic E-state index is -0.446. The second kappa shape index (κ2) is 6.26. The number of nitrogens with zero attached hydrogens (tertiary/aromatic N) is 1. The van der Waals surface area contributed by atoms with Crippen LogP contribution in [-0.4, -0.2) is 10.9 Å². The van der Waals surface area contributed by atoms with Crippen molar-refractivity contribution < 1.29 is 4.79 Å². The summed E-state index contributed by atoms with van der Waals surface area (Å²) in [5.41, 5.74) is 7.19. The number of carbonyl (C=O) groups excluding carboxylic acids is 1. The smallest absolute Gasteiger partial charge is 0.221 e. The van der Waals surface area contributed by atoms with E-state index in [9.17, 15) is 4.79 Å². The molecule has 0 saturated heterocycles. The van der Waals surface area contributed by atoms with Gasteiger partial charge >= 0.3 is 0 Å². The number of amides is 1. The first-order valence-corrected chi connectivity index (χ1v) is 7.77. The third kappa shape index (κ3) is 4.04. The number of nitrogen functional groups attached to an aromatic ring is 1. The lowest BCUT2D eigenvalue weighted by Crippen LogP contribution is -2.41. The van der Waals surface area contributed by atoms with Gasteiger partial charge in [0.2, 0.25) is 5.91 Å². The predicted octanol–water partition coefficient (Wildman–Crippen LogP) is 3.02. The average Bonchev–Trinajstić information content (AvgIpc) is 2.85. The van der Waals surface area contributed by atoms with Crippen molar-refractivity contribution in [2.45, 2.75) is 39.2 Å². The van der Waals surface area contributed by atoms with Crippen LogP contribution in [0, 0.1) is 6.92 Å². The van der Waals surface area contributed by atoms with E-state index in [0.717, 1.165) is 21.1 Å². The average molecular weight is 303 g/mol. The van der Waals surface area contributed by atoms with Gasteiger partial charge in [-0.15, -0.1) is 11.3 Å². The number of thiazole rings is 1. The van der Waals surface area contributed by atoms with Crippen molar-refractivity contribution >= 4 is 22.9 Å². The molecule has 0 spiro atoms. The minimum Gasteiger partial charge on any atom is -0.399 e. The van der Waals surface area contributed by atoms with Crippen LogP contribution in [0.3, 0.4) is 0 Å². The Kier molecular flexibility index (Phi) is 4.63. The summed E-state index contributed by atoms with van der Waals surface area (Å²) >= 11 is 1.61. The van der Waals surface area contributed by atoms with Crippen LogP contribution in [-0.2, 0) is 16.8 Å². The van der Waals surface area contributed by atoms with Crippen molar-refractivity contribution in [3.05, 3.63) is 45.9 Å². The van der Waals surface area contributed by atoms with Crippen molar-refractivity contribution in [2.24, 2.45) is 0 Å². The highest BCUT2D eigenvalue weighted by atomic mass is 32.1. The molecular formula is C16H21N3OS. The largest absolute Gasteiger partial charge is 0.399 e. The van der Waals surface area contributed by atoms with Gasteiger partial charge in [0.25, 0.3) is 0 Å². The Morgan fingerprint density at radius 2 is 2.10 bits per heavy atom. The number of para-hydroxylation sites is 1. The van der Waals surface area contributed by atoms with Gasteiger partial charge in [-0.25, -0.2) is 4.98 Å². The molecule has 1 heterocycles. The maximum atomic E-state index is 12.1. The molecule has 0 bridgehead atoms. The number of anilines is 1. The third-order valence-corrected chi connectivity index (χ3v) is 4.52. The predicted molar refractivity (Wildman–Crippen MR) is 87.2 cm³/mol. The zero-order valence-electron chi connectivity index (χ0n) is 12.6. The highest BCUT2D eigenvalue weighted by Crippen LogP contribution is 2.25. The normalized spacial score (nSPS) is 11.4. The number of carbonyl (C=O) groups is 1. The first-order valence-electron chi connectivity index (χ1n) is 6.96. The Morgan fingerprint density at radius 1 is 1.38 bits per heavy atom. The van der Waals surface area contributed by atoms with Crippen LogP contribution in [0.2, 0.25) is 0 Å². The van der Waals surface area contributed by atoms with Crippen LogP contribution >= 0.6 is 11.3 Å². The van der Waals surface area contributed by atoms with Gasteiger partial charge in [0.1, 0.15) is 5.01 Å². The van der Waals surface area contributed by atoms with E-state index in [0.29, 0.717) is 12.8 Å². The van der Waals surface area contributed by atoms with Crippen LogP contribution in [0.1, 0.15) is 35.7 Å². The van der Waals surface area contributed by atoms with Gasteiger partial charge in [-0.05, 0) is 38.8 Å². The monoisotopic (exact) mass is 303 g/mol. The molecule has 3 N–H and O–H groups in total. The number of rotatable bonds is 5. The van der Waals surface area contributed by atoms with Crippen molar-refractivity contribution in [3.63, 3.8) is 0 Å². The molecule has 0 atom stereocenters. The number of aryl methyl sites for hydroxylation is 2. The van der Waals surface area contributed by atoms with Gasteiger partial charge in [-0.1, -0.05) is 18.2 Å². The van der Waals surface area contributed by atoms with Gasteiger partial charge in [0, 0.05) is 23.2 Å². The Bertz CT molecular complexity index is 634. The highest BCUT2D eigenvalue weighted by molar-refractivity contribution is 7.11. The molecule has 112 valence electrons. The number of hydrogen-bond acceptors (Lipinski definition) is 4. The van der Waals surface area contributed by atoms with Gasteiger partial charge in [0.05, 0.1) is 5.54 Å². The zero-order chi connectivity index (χ0) is 15.5. The Balaban J connectivity index is 1.94. The quantitative estimate of drug-likeness (QED) is 0.834. The topological polar surface area (TPSA) is 68.0 Å². The fourth-order valence-corrected chi connectivity index (χ4v) is 2.94. The summed E-state index contributed by atoms with van der Waals surface area (Å²) in [6.07, 6.45) is 2.89. The van der Waals surface area contributed by atoms with Crippen LogP contribution in [0.25, 0.3) is 0 Å². The van der Waals surface area contributed by atoms with E-state index in [-0.39, 0.29) is 5.91 Å². The van der Waals surface area contributed by atoms with Crippen molar-refractivity contribution in [1.29, 1.82) is 0 Å². The van der Waals surface area contributed by atoms with Crippen molar-refractivity contribution in [2.75, 3.05) is 5.73 Å². The fourth-order valence-electron chi connectivity index (χ4n) is 2.12. The summed E-state index contributed by atoms with van der Waals surface area (Å²) < 4.78 is 0. The highest BCUT2D eigenvalue weighted by Gasteiger charge is 2.25. The number of hydrogen-bond donors (Lipinski definition) is 2. The molecule has 2 aromatic rings. The van der Waals surface area contributed by atoms with E-state index in [1.54, 1.807) is 11.3 Å². The van der Waals surface area contributed by atoms with E-state index in [1.807, 2.05) is 51.2 Å². The minimum absolute atomic E-state index is 0.0103. The van der Waals surface area contributed by atoms with E-state index in [1.165, 1.54) is 0 Å². The molecule has 0 radical (unpaired) electrons. The summed E-state index contributed by atoms with van der Waals surface area (Å²) in [5, 5.41) is 3.97. The second-order valence-corrected chi connectivity index (χ2v) is 6.88. The molecule has 21 heavy (non-hydrogen) atoms. The summed E-state index contributed by atoms with van der Waals surface area (Å²) in [7, 11) is 0. The van der Waals surface area contributed by atoms with Crippen LogP contribution in [0.15, 0.2) is 30.5 Å². The molecule has 5 heteroatoms. The summed E-state index contributed by atoms with van der Waals surface area (Å²) in [6, 6.07) is 7.64. The maximum absolute atomic E-state index is 12.1. The molecular weight excluding hydrogens is 282 g/mol. The first-order chi connectivity index (χ1) is 9.88. The molecule has 0 aliphatic heterocycles. The Hall–Kier alpha value is -1.88. The third-order valence-electron chi connectivity index (χ3n) is 3.28. The fraction of sp³-hybridized carbons (Fsp3) is 0.375. The molecule has 0 aliphatic rings. The zero-order valence-corrected chi connectivity index (χ0v) is 13.5. The van der Waals surface area contributed by atoms with Gasteiger partial charge < -0.3 is 11.1 Å². The number of aromatic nitrogens is 1. The molecule has 0 aliphatic carbocycles. The molecule has 0 saturated carbocycles. The van der Waals surface area contributed by atoms with Crippen LogP contribution in [0.4, 0.5) is 5.69 Å². The van der Waals surface area contributed by atoms with Gasteiger partial charge in [-0.2, -0.15) is 0 Å². The van der Waals surface area contributed by atoms with E-state index in [4.69, 9.17) is 5.73 Å². The molecule has 0 unspecified atom stereocenters. The Morgan fingerprint density at radius 3 is 2.71 bits per heavy atom. The molecule has 1 amide bonds. The van der Waals surface area contributed by atoms with Gasteiger partial charge in [0.15, 0.2) is 0 Å². The first kappa shape index (κ1) is 15.5. The standard InChI is InChI=1S/C16H21N3OS/c1-11-10-18-15(21-11)16(2,3)19-14(20)9-8-12-6-4-5-7-13(12)17/h4-7,10H,8-9,17H2,1-3H3,(H,19,20). The molecule has 0 fully saturated rings. The number of nitrogens with two attached hydrogens (primary N) is 1. The molecule has 1 aromatic carbocycles. The van der Waals surface area contributed by atoms with Crippen LogP contribution < -0.4 is 11.1 Å². The van der Waals surface area contributed by atoms with Crippen molar-refractivity contribution in [1.82, 2.24) is 10.3 Å². The van der Waals surface area contributed by atoms with Gasteiger partial charge in [-0.3, -0.25) is 4.79 Å². The van der Waals surface area contributed by atoms with E-state index in [2.05, 4.69) is 10.3 Å². The molecule has 4 nitrogen and oxygen atoms in total. The molecule has 2 rings (SSSR count). The molecule has 1 aromatic heterocycles. The lowest BCUT2D eigenvalue weighted by Gasteiger charge is -2.24. The SMILES string of the molecule is Cc1cnc(C(C)(C)NC(=O)CCc2ccccc2N)s1. The van der Waals surface area contributed by atoms with E-state index >= 15 is 0 Å². The second-order valence-electron chi connectivity index (χ2n) is 5.65. The lowest BCUT2D eigenvalue weighted by atomic mass is 10.0. The van der Waals surface area contributed by atoms with E-state index < -0.39 is 5.54 Å². The summed E-state index contributed by atoms with van der Waals surface area (Å²) in [5.74, 6) is 0.0103. The van der Waals surface area contributed by atoms with Crippen LogP contribution in [0.5, 0.6) is 0 Å². The number of benzene rings is 1. The Labute approximate surface area is 129 Å². The summed E-state index contributed by atoms with van der Waals surface area (Å²) in [6.45, 7) is 5.96. The summed E-state index contributed by atoms with van der Waals surface area (Å²) in [4.78, 5) is 17.6. The van der Waals surface area contributed by atoms with Crippen molar-refractivity contribution in [3.8, 4) is 0 Å². The number of nitrogens with one attached hydrogen (secondary N) is 1. The lowest BCUT2D eigenvalue weighted by molar-refractivity contribution is -0.122. The maximum Gasteiger partial charge on any atom is 0.221 e.